The number of aromatic nitrogens is 1. The van der Waals surface area contributed by atoms with E-state index in [2.05, 4.69) is 20.9 Å². The van der Waals surface area contributed by atoms with Gasteiger partial charge in [0.15, 0.2) is 0 Å². The lowest BCUT2D eigenvalue weighted by Crippen LogP contribution is -1.94. The maximum absolute atomic E-state index is 9.33. The van der Waals surface area contributed by atoms with Crippen LogP contribution in [0, 0.1) is 0 Å². The van der Waals surface area contributed by atoms with E-state index in [4.69, 9.17) is 16.3 Å². The van der Waals surface area contributed by atoms with Crippen LogP contribution in [0.3, 0.4) is 0 Å². The van der Waals surface area contributed by atoms with E-state index in [1.54, 1.807) is 18.2 Å². The molecule has 0 saturated heterocycles. The van der Waals surface area contributed by atoms with Gasteiger partial charge >= 0.3 is 0 Å². The van der Waals surface area contributed by atoms with Crippen LogP contribution in [-0.4, -0.2) is 10.1 Å². The van der Waals surface area contributed by atoms with Gasteiger partial charge in [-0.15, -0.1) is 0 Å². The molecule has 2 aromatic carbocycles. The van der Waals surface area contributed by atoms with Crippen LogP contribution in [-0.2, 0) is 6.61 Å². The summed E-state index contributed by atoms with van der Waals surface area (Å²) < 4.78 is 6.80. The SMILES string of the molecule is OCc1cc(Oc2ccc(Br)cc2Cl)c2ccccc2n1. The maximum atomic E-state index is 9.33. The fourth-order valence-corrected chi connectivity index (χ4v) is 2.75. The zero-order valence-corrected chi connectivity index (χ0v) is 13.2. The second-order valence-corrected chi connectivity index (χ2v) is 5.79. The van der Waals surface area contributed by atoms with Crippen molar-refractivity contribution in [2.45, 2.75) is 6.61 Å². The van der Waals surface area contributed by atoms with Crippen LogP contribution in [0.4, 0.5) is 0 Å². The van der Waals surface area contributed by atoms with Crippen LogP contribution in [0.15, 0.2) is 53.0 Å². The van der Waals surface area contributed by atoms with Gasteiger partial charge < -0.3 is 9.84 Å². The van der Waals surface area contributed by atoms with E-state index in [1.807, 2.05) is 30.3 Å². The first kappa shape index (κ1) is 14.3. The summed E-state index contributed by atoms with van der Waals surface area (Å²) in [6, 6.07) is 14.8. The molecule has 106 valence electrons. The fourth-order valence-electron chi connectivity index (χ4n) is 2.04. The highest BCUT2D eigenvalue weighted by atomic mass is 79.9. The number of nitrogens with zero attached hydrogens (tertiary/aromatic N) is 1. The molecule has 0 saturated carbocycles. The quantitative estimate of drug-likeness (QED) is 0.716. The Morgan fingerprint density at radius 1 is 1.10 bits per heavy atom. The molecule has 0 unspecified atom stereocenters. The van der Waals surface area contributed by atoms with Crippen LogP contribution >= 0.6 is 27.5 Å². The molecule has 5 heteroatoms. The zero-order valence-electron chi connectivity index (χ0n) is 10.9. The molecule has 0 fully saturated rings. The van der Waals surface area contributed by atoms with Crippen LogP contribution in [0.25, 0.3) is 10.9 Å². The molecule has 0 aliphatic heterocycles. The number of aliphatic hydroxyl groups excluding tert-OH is 1. The minimum Gasteiger partial charge on any atom is -0.455 e. The van der Waals surface area contributed by atoms with Crippen molar-refractivity contribution < 1.29 is 9.84 Å². The lowest BCUT2D eigenvalue weighted by molar-refractivity contribution is 0.277. The van der Waals surface area contributed by atoms with Crippen molar-refractivity contribution in [2.75, 3.05) is 0 Å². The van der Waals surface area contributed by atoms with Crippen LogP contribution in [0.1, 0.15) is 5.69 Å². The Morgan fingerprint density at radius 3 is 2.67 bits per heavy atom. The van der Waals surface area contributed by atoms with Crippen molar-refractivity contribution in [3.05, 3.63) is 63.7 Å². The summed E-state index contributed by atoms with van der Waals surface area (Å²) in [5.74, 6) is 1.17. The van der Waals surface area contributed by atoms with Gasteiger partial charge in [-0.2, -0.15) is 0 Å². The first-order valence-electron chi connectivity index (χ1n) is 6.30. The molecule has 0 aliphatic rings. The first-order valence-corrected chi connectivity index (χ1v) is 7.47. The third-order valence-electron chi connectivity index (χ3n) is 3.01. The minimum absolute atomic E-state index is 0.144. The first-order chi connectivity index (χ1) is 10.2. The van der Waals surface area contributed by atoms with Gasteiger partial charge in [-0.05, 0) is 30.3 Å². The molecular weight excluding hydrogens is 354 g/mol. The number of hydrogen-bond donors (Lipinski definition) is 1. The number of benzene rings is 2. The lowest BCUT2D eigenvalue weighted by atomic mass is 10.2. The predicted octanol–water partition coefficient (Wildman–Crippen LogP) is 4.94. The zero-order chi connectivity index (χ0) is 14.8. The summed E-state index contributed by atoms with van der Waals surface area (Å²) >= 11 is 9.55. The van der Waals surface area contributed by atoms with E-state index in [-0.39, 0.29) is 6.61 Å². The molecule has 1 N–H and O–H groups in total. The Morgan fingerprint density at radius 2 is 1.90 bits per heavy atom. The van der Waals surface area contributed by atoms with Gasteiger partial charge in [0.1, 0.15) is 11.5 Å². The summed E-state index contributed by atoms with van der Waals surface area (Å²) in [6.45, 7) is -0.144. The topological polar surface area (TPSA) is 42.4 Å². The van der Waals surface area contributed by atoms with Crippen molar-refractivity contribution in [2.24, 2.45) is 0 Å². The maximum Gasteiger partial charge on any atom is 0.146 e. The van der Waals surface area contributed by atoms with Crippen molar-refractivity contribution in [1.29, 1.82) is 0 Å². The highest BCUT2D eigenvalue weighted by molar-refractivity contribution is 9.10. The number of fused-ring (bicyclic) bond motifs is 1. The number of pyridine rings is 1. The second-order valence-electron chi connectivity index (χ2n) is 4.46. The monoisotopic (exact) mass is 363 g/mol. The Labute approximate surface area is 135 Å². The number of halogens is 2. The molecule has 0 radical (unpaired) electrons. The normalized spacial score (nSPS) is 10.8. The van der Waals surface area contributed by atoms with Crippen LogP contribution in [0.5, 0.6) is 11.5 Å². The lowest BCUT2D eigenvalue weighted by Gasteiger charge is -2.11. The molecule has 0 spiro atoms. The number of aliphatic hydroxyl groups is 1. The van der Waals surface area contributed by atoms with E-state index >= 15 is 0 Å². The number of rotatable bonds is 3. The average Bonchev–Trinajstić information content (AvgIpc) is 2.49. The largest absolute Gasteiger partial charge is 0.455 e. The van der Waals surface area contributed by atoms with Crippen LogP contribution in [0.2, 0.25) is 5.02 Å². The number of hydrogen-bond acceptors (Lipinski definition) is 3. The van der Waals surface area contributed by atoms with E-state index in [9.17, 15) is 5.11 Å². The molecule has 0 aliphatic carbocycles. The van der Waals surface area contributed by atoms with Gasteiger partial charge in [0.2, 0.25) is 0 Å². The van der Waals surface area contributed by atoms with Crippen LogP contribution < -0.4 is 4.74 Å². The Balaban J connectivity index is 2.10. The average molecular weight is 365 g/mol. The molecule has 3 nitrogen and oxygen atoms in total. The van der Waals surface area contributed by atoms with Gasteiger partial charge in [0.25, 0.3) is 0 Å². The Hall–Kier alpha value is -1.62. The van der Waals surface area contributed by atoms with Gasteiger partial charge in [0.05, 0.1) is 22.8 Å². The molecule has 1 aromatic heterocycles. The number of ether oxygens (including phenoxy) is 1. The predicted molar refractivity (Wildman–Crippen MR) is 86.9 cm³/mol. The van der Waals surface area contributed by atoms with E-state index < -0.39 is 0 Å². The van der Waals surface area contributed by atoms with E-state index in [0.717, 1.165) is 15.4 Å². The standard InChI is InChI=1S/C16H11BrClNO2/c17-10-5-6-15(13(18)7-10)21-16-8-11(9-20)19-14-4-2-1-3-12(14)16/h1-8,20H,9H2. The van der Waals surface area contributed by atoms with Crippen molar-refractivity contribution in [1.82, 2.24) is 4.98 Å². The molecule has 1 heterocycles. The highest BCUT2D eigenvalue weighted by Gasteiger charge is 2.09. The Kier molecular flexibility index (Phi) is 4.10. The molecule has 3 rings (SSSR count). The molecule has 3 aromatic rings. The summed E-state index contributed by atoms with van der Waals surface area (Å²) in [7, 11) is 0. The van der Waals surface area contributed by atoms with Gasteiger partial charge in [-0.3, -0.25) is 4.98 Å². The van der Waals surface area contributed by atoms with Crippen molar-refractivity contribution >= 4 is 38.4 Å². The third-order valence-corrected chi connectivity index (χ3v) is 3.80. The fraction of sp³-hybridized carbons (Fsp3) is 0.0625. The van der Waals surface area contributed by atoms with E-state index in [1.165, 1.54) is 0 Å². The molecule has 0 atom stereocenters. The van der Waals surface area contributed by atoms with Gasteiger partial charge in [0, 0.05) is 15.9 Å². The molecule has 21 heavy (non-hydrogen) atoms. The van der Waals surface area contributed by atoms with Gasteiger partial charge in [-0.25, -0.2) is 0 Å². The molecule has 0 bridgehead atoms. The molecular formula is C16H11BrClNO2. The number of para-hydroxylation sites is 1. The molecule has 0 amide bonds. The summed E-state index contributed by atoms with van der Waals surface area (Å²) in [4.78, 5) is 4.36. The summed E-state index contributed by atoms with van der Waals surface area (Å²) in [6.07, 6.45) is 0. The smallest absolute Gasteiger partial charge is 0.146 e. The highest BCUT2D eigenvalue weighted by Crippen LogP contribution is 2.35. The Bertz CT molecular complexity index is 807. The second kappa shape index (κ2) is 6.02. The van der Waals surface area contributed by atoms with Crippen molar-refractivity contribution in [3.63, 3.8) is 0 Å². The van der Waals surface area contributed by atoms with Gasteiger partial charge in [-0.1, -0.05) is 39.7 Å². The summed E-state index contributed by atoms with van der Waals surface area (Å²) in [5, 5.41) is 10.7. The van der Waals surface area contributed by atoms with E-state index in [0.29, 0.717) is 22.2 Å². The van der Waals surface area contributed by atoms with Crippen molar-refractivity contribution in [3.8, 4) is 11.5 Å². The minimum atomic E-state index is -0.144. The third kappa shape index (κ3) is 3.02. The summed E-state index contributed by atoms with van der Waals surface area (Å²) in [5.41, 5.74) is 1.32.